The predicted molar refractivity (Wildman–Crippen MR) is 87.6 cm³/mol. The van der Waals surface area contributed by atoms with E-state index in [1.165, 1.54) is 10.2 Å². The zero-order valence-corrected chi connectivity index (χ0v) is 13.4. The molecule has 0 amide bonds. The summed E-state index contributed by atoms with van der Waals surface area (Å²) >= 11 is 0. The summed E-state index contributed by atoms with van der Waals surface area (Å²) in [5, 5.41) is 4.47. The van der Waals surface area contributed by atoms with E-state index in [1.54, 1.807) is 6.92 Å². The number of fused-ring (bicyclic) bond motifs is 1. The predicted octanol–water partition coefficient (Wildman–Crippen LogP) is 2.86. The van der Waals surface area contributed by atoms with Gasteiger partial charge >= 0.3 is 0 Å². The van der Waals surface area contributed by atoms with Crippen LogP contribution >= 0.6 is 0 Å². The van der Waals surface area contributed by atoms with Crippen molar-refractivity contribution in [3.63, 3.8) is 0 Å². The van der Waals surface area contributed by atoms with Crippen molar-refractivity contribution in [1.82, 2.24) is 19.7 Å². The Morgan fingerprint density at radius 2 is 1.96 bits per heavy atom. The van der Waals surface area contributed by atoms with Crippen molar-refractivity contribution < 1.29 is 4.39 Å². The minimum Gasteiger partial charge on any atom is -0.309 e. The number of hydrogen-bond acceptors (Lipinski definition) is 3. The summed E-state index contributed by atoms with van der Waals surface area (Å²) in [6.07, 6.45) is 0. The minimum atomic E-state index is -0.581. The lowest BCUT2D eigenvalue weighted by molar-refractivity contribution is 0.431. The number of aromatic amines is 1. The fraction of sp³-hybridized carbons (Fsp3) is 0.353. The Kier molecular flexibility index (Phi) is 3.98. The van der Waals surface area contributed by atoms with E-state index in [0.717, 1.165) is 5.56 Å². The number of aryl methyl sites for hydroxylation is 3. The molecule has 0 fully saturated rings. The van der Waals surface area contributed by atoms with Crippen molar-refractivity contribution in [2.75, 3.05) is 6.67 Å². The third-order valence-corrected chi connectivity index (χ3v) is 4.03. The molecule has 2 aromatic heterocycles. The largest absolute Gasteiger partial charge is 0.309 e. The van der Waals surface area contributed by atoms with Gasteiger partial charge in [0.1, 0.15) is 18.0 Å². The second-order valence-electron chi connectivity index (χ2n) is 5.78. The summed E-state index contributed by atoms with van der Waals surface area (Å²) in [7, 11) is 0. The van der Waals surface area contributed by atoms with E-state index in [9.17, 15) is 9.18 Å². The number of nitrogens with zero attached hydrogens (tertiary/aromatic N) is 3. The van der Waals surface area contributed by atoms with Crippen LogP contribution in [-0.2, 0) is 6.54 Å². The average Bonchev–Trinajstić information content (AvgIpc) is 2.86. The van der Waals surface area contributed by atoms with Gasteiger partial charge in [0.2, 0.25) is 0 Å². The quantitative estimate of drug-likeness (QED) is 0.805. The fourth-order valence-corrected chi connectivity index (χ4v) is 2.77. The van der Waals surface area contributed by atoms with Crippen molar-refractivity contribution >= 4 is 11.0 Å². The molecule has 0 bridgehead atoms. The summed E-state index contributed by atoms with van der Waals surface area (Å²) in [4.78, 5) is 19.3. The van der Waals surface area contributed by atoms with Crippen LogP contribution < -0.4 is 5.56 Å². The van der Waals surface area contributed by atoms with Crippen LogP contribution in [0, 0.1) is 13.8 Å². The molecule has 0 aliphatic heterocycles. The van der Waals surface area contributed by atoms with Gasteiger partial charge in [-0.25, -0.2) is 9.37 Å². The Morgan fingerprint density at radius 3 is 2.61 bits per heavy atom. The first kappa shape index (κ1) is 15.4. The molecule has 6 heteroatoms. The van der Waals surface area contributed by atoms with E-state index in [0.29, 0.717) is 22.6 Å². The molecule has 2 heterocycles. The number of alkyl halides is 1. The molecular formula is C17H19FN4O. The van der Waals surface area contributed by atoms with Gasteiger partial charge in [0.15, 0.2) is 5.52 Å². The van der Waals surface area contributed by atoms with Crippen LogP contribution in [0.3, 0.4) is 0 Å². The molecule has 1 atom stereocenters. The van der Waals surface area contributed by atoms with E-state index in [1.807, 2.05) is 38.1 Å². The van der Waals surface area contributed by atoms with E-state index >= 15 is 0 Å². The van der Waals surface area contributed by atoms with Crippen molar-refractivity contribution in [3.05, 3.63) is 57.3 Å². The topological polar surface area (TPSA) is 63.6 Å². The molecule has 1 N–H and O–H groups in total. The lowest BCUT2D eigenvalue weighted by Gasteiger charge is -2.09. The maximum absolute atomic E-state index is 12.8. The Morgan fingerprint density at radius 1 is 1.26 bits per heavy atom. The van der Waals surface area contributed by atoms with Crippen LogP contribution in [-0.4, -0.2) is 26.4 Å². The number of hydrogen-bond donors (Lipinski definition) is 1. The van der Waals surface area contributed by atoms with Crippen LogP contribution in [0.25, 0.3) is 11.0 Å². The van der Waals surface area contributed by atoms with Gasteiger partial charge in [-0.2, -0.15) is 5.10 Å². The second kappa shape index (κ2) is 5.95. The highest BCUT2D eigenvalue weighted by molar-refractivity contribution is 5.77. The SMILES string of the molecule is Cc1ccc(C(C)c2nn(CCF)c3c(=O)[nH]c(C)nc23)cc1. The number of halogens is 1. The molecule has 3 aromatic rings. The van der Waals surface area contributed by atoms with E-state index in [-0.39, 0.29) is 18.0 Å². The molecule has 1 aromatic carbocycles. The van der Waals surface area contributed by atoms with Gasteiger partial charge < -0.3 is 4.98 Å². The van der Waals surface area contributed by atoms with Crippen LogP contribution in [0.2, 0.25) is 0 Å². The Balaban J connectivity index is 2.20. The fourth-order valence-electron chi connectivity index (χ4n) is 2.77. The van der Waals surface area contributed by atoms with Gasteiger partial charge in [0.25, 0.3) is 5.56 Å². The van der Waals surface area contributed by atoms with Crippen molar-refractivity contribution in [3.8, 4) is 0 Å². The standard InChI is InChI=1S/C17H19FN4O/c1-10-4-6-13(7-5-10)11(2)14-15-16(22(21-14)9-8-18)17(23)20-12(3)19-15/h4-7,11H,8-9H2,1-3H3,(H,19,20,23). The summed E-state index contributed by atoms with van der Waals surface area (Å²) < 4.78 is 14.2. The van der Waals surface area contributed by atoms with Crippen LogP contribution in [0.15, 0.2) is 29.1 Å². The first-order chi connectivity index (χ1) is 11.0. The third kappa shape index (κ3) is 2.76. The van der Waals surface area contributed by atoms with Crippen molar-refractivity contribution in [2.45, 2.75) is 33.2 Å². The Bertz CT molecular complexity index is 895. The molecule has 0 saturated carbocycles. The van der Waals surface area contributed by atoms with E-state index in [2.05, 4.69) is 15.1 Å². The normalized spacial score (nSPS) is 12.7. The maximum Gasteiger partial charge on any atom is 0.277 e. The first-order valence-corrected chi connectivity index (χ1v) is 7.61. The number of nitrogens with one attached hydrogen (secondary N) is 1. The zero-order valence-electron chi connectivity index (χ0n) is 13.4. The molecule has 0 saturated heterocycles. The highest BCUT2D eigenvalue weighted by Crippen LogP contribution is 2.27. The van der Waals surface area contributed by atoms with Crippen LogP contribution in [0.4, 0.5) is 4.39 Å². The van der Waals surface area contributed by atoms with Crippen molar-refractivity contribution in [1.29, 1.82) is 0 Å². The van der Waals surface area contributed by atoms with E-state index < -0.39 is 6.67 Å². The second-order valence-corrected chi connectivity index (χ2v) is 5.78. The highest BCUT2D eigenvalue weighted by atomic mass is 19.1. The molecule has 0 radical (unpaired) electrons. The lowest BCUT2D eigenvalue weighted by Crippen LogP contribution is -2.14. The summed E-state index contributed by atoms with van der Waals surface area (Å²) in [6, 6.07) is 8.16. The zero-order chi connectivity index (χ0) is 16.6. The van der Waals surface area contributed by atoms with Gasteiger partial charge in [-0.1, -0.05) is 36.8 Å². The smallest absolute Gasteiger partial charge is 0.277 e. The monoisotopic (exact) mass is 314 g/mol. The molecule has 23 heavy (non-hydrogen) atoms. The van der Waals surface area contributed by atoms with Gasteiger partial charge in [0.05, 0.1) is 12.2 Å². The third-order valence-electron chi connectivity index (χ3n) is 4.03. The number of H-pyrrole nitrogens is 1. The highest BCUT2D eigenvalue weighted by Gasteiger charge is 2.21. The van der Waals surface area contributed by atoms with Crippen LogP contribution in [0.5, 0.6) is 0 Å². The van der Waals surface area contributed by atoms with Gasteiger partial charge in [-0.05, 0) is 19.4 Å². The molecule has 3 rings (SSSR count). The van der Waals surface area contributed by atoms with E-state index in [4.69, 9.17) is 0 Å². The molecule has 0 aliphatic carbocycles. The number of benzene rings is 1. The minimum absolute atomic E-state index is 0.0346. The lowest BCUT2D eigenvalue weighted by atomic mass is 9.96. The molecule has 0 spiro atoms. The molecule has 5 nitrogen and oxygen atoms in total. The van der Waals surface area contributed by atoms with Gasteiger partial charge in [-0.15, -0.1) is 0 Å². The number of rotatable bonds is 4. The summed E-state index contributed by atoms with van der Waals surface area (Å²) in [5.74, 6) is 0.493. The van der Waals surface area contributed by atoms with Gasteiger partial charge in [0, 0.05) is 5.92 Å². The van der Waals surface area contributed by atoms with Gasteiger partial charge in [-0.3, -0.25) is 9.48 Å². The maximum atomic E-state index is 12.8. The van der Waals surface area contributed by atoms with Crippen molar-refractivity contribution in [2.24, 2.45) is 0 Å². The van der Waals surface area contributed by atoms with Crippen LogP contribution in [0.1, 0.15) is 35.5 Å². The molecule has 120 valence electrons. The summed E-state index contributed by atoms with van der Waals surface area (Å²) in [5.41, 5.74) is 3.57. The Hall–Kier alpha value is -2.50. The molecular weight excluding hydrogens is 295 g/mol. The Labute approximate surface area is 133 Å². The summed E-state index contributed by atoms with van der Waals surface area (Å²) in [6.45, 7) is 5.25. The average molecular weight is 314 g/mol. The molecule has 1 unspecified atom stereocenters. The first-order valence-electron chi connectivity index (χ1n) is 7.61. The number of aromatic nitrogens is 4. The molecule has 0 aliphatic rings.